The summed E-state index contributed by atoms with van der Waals surface area (Å²) in [5.74, 6) is 3.11. The summed E-state index contributed by atoms with van der Waals surface area (Å²) in [5, 5.41) is 3.09. The third-order valence-electron chi connectivity index (χ3n) is 6.18. The molecule has 1 saturated heterocycles. The van der Waals surface area contributed by atoms with Crippen LogP contribution < -0.4 is 15.2 Å². The Labute approximate surface area is 201 Å². The fraction of sp³-hybridized carbons (Fsp3) is 0.192. The third-order valence-corrected chi connectivity index (χ3v) is 6.18. The minimum atomic E-state index is -0.606. The number of primary amides is 1. The lowest BCUT2D eigenvalue weighted by Gasteiger charge is -2.12. The van der Waals surface area contributed by atoms with Gasteiger partial charge in [-0.1, -0.05) is 12.1 Å². The Kier molecular flexibility index (Phi) is 5.63. The molecule has 0 radical (unpaired) electrons. The molecule has 9 nitrogen and oxygen atoms in total. The zero-order valence-electron chi connectivity index (χ0n) is 19.0. The Morgan fingerprint density at radius 1 is 1.17 bits per heavy atom. The van der Waals surface area contributed by atoms with Gasteiger partial charge in [-0.3, -0.25) is 14.7 Å². The van der Waals surface area contributed by atoms with Gasteiger partial charge >= 0.3 is 0 Å². The minimum Gasteiger partial charge on any atom is -0.493 e. The number of nitrogens with zero attached hydrogens (tertiary/aromatic N) is 3. The highest BCUT2D eigenvalue weighted by Crippen LogP contribution is 2.35. The Morgan fingerprint density at radius 3 is 2.60 bits per heavy atom. The number of nitrogens with two attached hydrogens (primary N) is 1. The lowest BCUT2D eigenvalue weighted by molar-refractivity contribution is -0.124. The van der Waals surface area contributed by atoms with Crippen LogP contribution in [0.5, 0.6) is 17.2 Å². The molecule has 176 valence electrons. The predicted molar refractivity (Wildman–Crippen MR) is 129 cm³/mol. The molecule has 2 aromatic carbocycles. The van der Waals surface area contributed by atoms with Gasteiger partial charge in [0.25, 0.3) is 11.8 Å². The average Bonchev–Trinajstić information content (AvgIpc) is 3.59. The summed E-state index contributed by atoms with van der Waals surface area (Å²) in [4.78, 5) is 30.7. The minimum absolute atomic E-state index is 0.0497. The van der Waals surface area contributed by atoms with Crippen LogP contribution in [0.2, 0.25) is 0 Å². The highest BCUT2D eigenvalue weighted by Gasteiger charge is 2.31. The fourth-order valence-electron chi connectivity index (χ4n) is 4.47. The standard InChI is InChI=1S/C26H23N5O4/c1-3-22(32)30-13-12-17(15-30)19-14-28-31-24(25(27)33)23(29-26(19)31)16-8-10-18(11-9-16)35-21-7-5-4-6-20(21)34-2/h1,4-11,14,17,28H,12-13,15H2,2H3,(H2,27,33). The molecule has 1 aliphatic heterocycles. The molecule has 1 atom stereocenters. The van der Waals surface area contributed by atoms with Gasteiger partial charge in [0.2, 0.25) is 0 Å². The van der Waals surface area contributed by atoms with Crippen LogP contribution in [0.25, 0.3) is 16.9 Å². The molecule has 1 unspecified atom stereocenters. The largest absolute Gasteiger partial charge is 0.493 e. The van der Waals surface area contributed by atoms with Gasteiger partial charge in [0.1, 0.15) is 11.4 Å². The molecule has 1 aliphatic rings. The Bertz CT molecular complexity index is 1460. The number of likely N-dealkylation sites (tertiary alicyclic amines) is 1. The Balaban J connectivity index is 1.46. The van der Waals surface area contributed by atoms with E-state index < -0.39 is 5.91 Å². The summed E-state index contributed by atoms with van der Waals surface area (Å²) in [6.45, 7) is 1.08. The molecular formula is C26H23N5O4. The van der Waals surface area contributed by atoms with Crippen LogP contribution >= 0.6 is 0 Å². The molecule has 35 heavy (non-hydrogen) atoms. The number of nitrogens with one attached hydrogen (secondary N) is 1. The van der Waals surface area contributed by atoms with Gasteiger partial charge in [-0.05, 0) is 48.7 Å². The average molecular weight is 470 g/mol. The zero-order valence-corrected chi connectivity index (χ0v) is 19.0. The number of hydrogen-bond acceptors (Lipinski definition) is 5. The predicted octanol–water partition coefficient (Wildman–Crippen LogP) is 3.18. The molecule has 0 aliphatic carbocycles. The highest BCUT2D eigenvalue weighted by molar-refractivity contribution is 5.98. The van der Waals surface area contributed by atoms with Crippen LogP contribution in [0.1, 0.15) is 28.4 Å². The lowest BCUT2D eigenvalue weighted by atomic mass is 10.0. The van der Waals surface area contributed by atoms with Gasteiger partial charge < -0.3 is 20.1 Å². The van der Waals surface area contributed by atoms with E-state index in [0.717, 1.165) is 12.0 Å². The van der Waals surface area contributed by atoms with Crippen LogP contribution in [0, 0.1) is 12.3 Å². The van der Waals surface area contributed by atoms with Gasteiger partial charge in [-0.25, -0.2) is 9.50 Å². The zero-order chi connectivity index (χ0) is 24.5. The molecule has 4 aromatic rings. The van der Waals surface area contributed by atoms with Gasteiger partial charge in [0, 0.05) is 36.3 Å². The number of hydrogen-bond donors (Lipinski definition) is 2. The quantitative estimate of drug-likeness (QED) is 0.421. The number of carbonyl (C=O) groups excluding carboxylic acids is 2. The molecule has 9 heteroatoms. The monoisotopic (exact) mass is 469 g/mol. The number of carbonyl (C=O) groups is 2. The molecular weight excluding hydrogens is 446 g/mol. The molecule has 5 rings (SSSR count). The number of rotatable bonds is 6. The van der Waals surface area contributed by atoms with Crippen molar-refractivity contribution in [3.63, 3.8) is 0 Å². The van der Waals surface area contributed by atoms with Gasteiger partial charge in [-0.2, -0.15) is 0 Å². The van der Waals surface area contributed by atoms with E-state index >= 15 is 0 Å². The maximum atomic E-state index is 12.4. The van der Waals surface area contributed by atoms with E-state index in [0.29, 0.717) is 47.2 Å². The van der Waals surface area contributed by atoms with Crippen LogP contribution in [0.3, 0.4) is 0 Å². The molecule has 2 aromatic heterocycles. The van der Waals surface area contributed by atoms with Gasteiger partial charge in [0.15, 0.2) is 22.8 Å². The smallest absolute Gasteiger partial charge is 0.298 e. The van der Waals surface area contributed by atoms with Gasteiger partial charge in [0.05, 0.1) is 7.11 Å². The topological polar surface area (TPSA) is 115 Å². The first-order chi connectivity index (χ1) is 17.0. The van der Waals surface area contributed by atoms with Crippen molar-refractivity contribution in [3.05, 3.63) is 66.0 Å². The summed E-state index contributed by atoms with van der Waals surface area (Å²) < 4.78 is 12.9. The molecule has 3 N–H and O–H groups in total. The summed E-state index contributed by atoms with van der Waals surface area (Å²) in [5.41, 5.74) is 8.66. The van der Waals surface area contributed by atoms with Crippen LogP contribution in [-0.4, -0.2) is 51.5 Å². The first kappa shape index (κ1) is 22.1. The van der Waals surface area contributed by atoms with Crippen LogP contribution in [0.15, 0.2) is 54.7 Å². The number of para-hydroxylation sites is 2. The van der Waals surface area contributed by atoms with Crippen molar-refractivity contribution in [2.45, 2.75) is 12.3 Å². The number of benzene rings is 2. The highest BCUT2D eigenvalue weighted by atomic mass is 16.5. The number of ether oxygens (including phenoxy) is 2. The maximum absolute atomic E-state index is 12.4. The van der Waals surface area contributed by atoms with E-state index in [9.17, 15) is 9.59 Å². The van der Waals surface area contributed by atoms with Crippen molar-refractivity contribution in [2.75, 3.05) is 20.2 Å². The van der Waals surface area contributed by atoms with E-state index in [-0.39, 0.29) is 17.5 Å². The van der Waals surface area contributed by atoms with E-state index in [1.807, 2.05) is 36.4 Å². The van der Waals surface area contributed by atoms with Crippen molar-refractivity contribution in [3.8, 4) is 40.8 Å². The number of amides is 2. The summed E-state index contributed by atoms with van der Waals surface area (Å²) in [6.07, 6.45) is 7.82. The first-order valence-electron chi connectivity index (χ1n) is 11.1. The number of aromatic amines is 1. The molecule has 0 spiro atoms. The Morgan fingerprint density at radius 2 is 1.91 bits per heavy atom. The van der Waals surface area contributed by atoms with Crippen LogP contribution in [0.4, 0.5) is 0 Å². The molecule has 0 saturated carbocycles. The lowest BCUT2D eigenvalue weighted by Crippen LogP contribution is -2.26. The van der Waals surface area contributed by atoms with Gasteiger partial charge in [-0.15, -0.1) is 6.42 Å². The third kappa shape index (κ3) is 3.95. The molecule has 3 heterocycles. The van der Waals surface area contributed by atoms with E-state index in [1.54, 1.807) is 34.9 Å². The van der Waals surface area contributed by atoms with E-state index in [1.165, 1.54) is 0 Å². The van der Waals surface area contributed by atoms with Crippen molar-refractivity contribution in [2.24, 2.45) is 5.73 Å². The van der Waals surface area contributed by atoms with Crippen molar-refractivity contribution < 1.29 is 19.1 Å². The summed E-state index contributed by atoms with van der Waals surface area (Å²) >= 11 is 0. The summed E-state index contributed by atoms with van der Waals surface area (Å²) in [6, 6.07) is 14.6. The van der Waals surface area contributed by atoms with E-state index in [2.05, 4.69) is 11.0 Å². The normalized spacial score (nSPS) is 15.2. The summed E-state index contributed by atoms with van der Waals surface area (Å²) in [7, 11) is 1.58. The number of imidazole rings is 1. The van der Waals surface area contributed by atoms with Crippen LogP contribution in [-0.2, 0) is 4.79 Å². The maximum Gasteiger partial charge on any atom is 0.298 e. The molecule has 0 bridgehead atoms. The first-order valence-corrected chi connectivity index (χ1v) is 11.1. The van der Waals surface area contributed by atoms with Crippen molar-refractivity contribution >= 4 is 17.5 Å². The SMILES string of the molecule is C#CC(=O)N1CCC(c2c[nH]n3c(C(N)=O)c(-c4ccc(Oc5ccccc5OC)cc4)nc23)C1. The Hall–Kier alpha value is -4.71. The molecule has 2 amide bonds. The second kappa shape index (κ2) is 8.91. The number of terminal acetylenes is 1. The number of methoxy groups -OCH3 is 1. The number of aromatic nitrogens is 3. The van der Waals surface area contributed by atoms with Crippen molar-refractivity contribution in [1.82, 2.24) is 19.5 Å². The fourth-order valence-corrected chi connectivity index (χ4v) is 4.47. The second-order valence-corrected chi connectivity index (χ2v) is 8.22. The second-order valence-electron chi connectivity index (χ2n) is 8.22. The molecule has 1 fully saturated rings. The van der Waals surface area contributed by atoms with E-state index in [4.69, 9.17) is 26.6 Å². The van der Waals surface area contributed by atoms with Crippen molar-refractivity contribution in [1.29, 1.82) is 0 Å². The number of fused-ring (bicyclic) bond motifs is 1. The number of H-pyrrole nitrogens is 1.